The molecule has 2 aromatic heterocycles. The fourth-order valence-electron chi connectivity index (χ4n) is 2.27. The molecule has 5 nitrogen and oxygen atoms in total. The first-order valence-electron chi connectivity index (χ1n) is 7.77. The van der Waals surface area contributed by atoms with Crippen molar-refractivity contribution in [2.45, 2.75) is 19.4 Å². The number of furan rings is 1. The van der Waals surface area contributed by atoms with Gasteiger partial charge in [-0.05, 0) is 36.6 Å². The number of hydrogen-bond donors (Lipinski definition) is 2. The molecule has 0 fully saturated rings. The van der Waals surface area contributed by atoms with Crippen molar-refractivity contribution in [2.75, 3.05) is 17.2 Å². The molecule has 0 radical (unpaired) electrons. The van der Waals surface area contributed by atoms with Crippen LogP contribution < -0.4 is 10.6 Å². The maximum absolute atomic E-state index is 5.29. The SMILES string of the molecule is c1ccc(CCCNc2nccc(NCc3ccco3)n2)cc1. The quantitative estimate of drug-likeness (QED) is 0.621. The molecule has 2 heterocycles. The van der Waals surface area contributed by atoms with Crippen LogP contribution in [0.2, 0.25) is 0 Å². The number of aromatic nitrogens is 2. The van der Waals surface area contributed by atoms with E-state index in [1.54, 1.807) is 12.5 Å². The highest BCUT2D eigenvalue weighted by atomic mass is 16.3. The average Bonchev–Trinajstić information content (AvgIpc) is 3.12. The number of rotatable bonds is 8. The van der Waals surface area contributed by atoms with Crippen molar-refractivity contribution >= 4 is 11.8 Å². The number of anilines is 2. The molecule has 1 aromatic carbocycles. The molecule has 0 saturated heterocycles. The van der Waals surface area contributed by atoms with Gasteiger partial charge in [0.25, 0.3) is 0 Å². The Bertz CT molecular complexity index is 698. The molecule has 3 aromatic rings. The van der Waals surface area contributed by atoms with Crippen LogP contribution in [0.15, 0.2) is 65.4 Å². The summed E-state index contributed by atoms with van der Waals surface area (Å²) in [5.41, 5.74) is 1.35. The van der Waals surface area contributed by atoms with E-state index in [4.69, 9.17) is 4.42 Å². The molecule has 3 rings (SSSR count). The molecule has 0 saturated carbocycles. The third kappa shape index (κ3) is 4.85. The summed E-state index contributed by atoms with van der Waals surface area (Å²) >= 11 is 0. The Hall–Kier alpha value is -2.82. The number of aryl methyl sites for hydroxylation is 1. The van der Waals surface area contributed by atoms with Gasteiger partial charge in [0.2, 0.25) is 5.95 Å². The predicted octanol–water partition coefficient (Wildman–Crippen LogP) is 3.73. The zero-order chi connectivity index (χ0) is 15.7. The molecule has 0 aliphatic carbocycles. The summed E-state index contributed by atoms with van der Waals surface area (Å²) in [7, 11) is 0. The first-order valence-corrected chi connectivity index (χ1v) is 7.77. The summed E-state index contributed by atoms with van der Waals surface area (Å²) in [5.74, 6) is 2.30. The summed E-state index contributed by atoms with van der Waals surface area (Å²) in [5, 5.41) is 6.48. The molecule has 0 bridgehead atoms. The van der Waals surface area contributed by atoms with Crippen LogP contribution in [0, 0.1) is 0 Å². The Kier molecular flexibility index (Phi) is 5.24. The van der Waals surface area contributed by atoms with Crippen LogP contribution in [0.5, 0.6) is 0 Å². The molecule has 118 valence electrons. The Morgan fingerprint density at radius 2 is 1.87 bits per heavy atom. The summed E-state index contributed by atoms with van der Waals surface area (Å²) in [6.45, 7) is 1.45. The van der Waals surface area contributed by atoms with Crippen molar-refractivity contribution < 1.29 is 4.42 Å². The van der Waals surface area contributed by atoms with E-state index in [1.165, 1.54) is 5.56 Å². The Morgan fingerprint density at radius 3 is 2.70 bits per heavy atom. The highest BCUT2D eigenvalue weighted by molar-refractivity contribution is 5.39. The molecule has 0 aliphatic rings. The van der Waals surface area contributed by atoms with Crippen molar-refractivity contribution in [1.29, 1.82) is 0 Å². The van der Waals surface area contributed by atoms with E-state index in [2.05, 4.69) is 44.9 Å². The lowest BCUT2D eigenvalue weighted by atomic mass is 10.1. The summed E-state index contributed by atoms with van der Waals surface area (Å²) in [6, 6.07) is 16.1. The summed E-state index contributed by atoms with van der Waals surface area (Å²) < 4.78 is 5.29. The zero-order valence-corrected chi connectivity index (χ0v) is 12.9. The second kappa shape index (κ2) is 7.98. The van der Waals surface area contributed by atoms with Gasteiger partial charge in [-0.3, -0.25) is 0 Å². The van der Waals surface area contributed by atoms with Gasteiger partial charge in [0.15, 0.2) is 0 Å². The van der Waals surface area contributed by atoms with Gasteiger partial charge in [-0.25, -0.2) is 4.98 Å². The maximum atomic E-state index is 5.29. The van der Waals surface area contributed by atoms with Gasteiger partial charge < -0.3 is 15.1 Å². The number of nitrogens with zero attached hydrogens (tertiary/aromatic N) is 2. The Balaban J connectivity index is 1.44. The van der Waals surface area contributed by atoms with Gasteiger partial charge in [-0.2, -0.15) is 4.98 Å². The fourth-order valence-corrected chi connectivity index (χ4v) is 2.27. The first kappa shape index (κ1) is 15.1. The lowest BCUT2D eigenvalue weighted by Crippen LogP contribution is -2.08. The van der Waals surface area contributed by atoms with E-state index in [-0.39, 0.29) is 0 Å². The van der Waals surface area contributed by atoms with Crippen LogP contribution in [0.25, 0.3) is 0 Å². The van der Waals surface area contributed by atoms with E-state index in [1.807, 2.05) is 24.3 Å². The van der Waals surface area contributed by atoms with Gasteiger partial charge in [0.05, 0.1) is 12.8 Å². The highest BCUT2D eigenvalue weighted by Crippen LogP contribution is 2.09. The Labute approximate surface area is 135 Å². The monoisotopic (exact) mass is 308 g/mol. The second-order valence-corrected chi connectivity index (χ2v) is 5.21. The smallest absolute Gasteiger partial charge is 0.224 e. The molecule has 0 aliphatic heterocycles. The largest absolute Gasteiger partial charge is 0.467 e. The third-order valence-corrected chi connectivity index (χ3v) is 3.45. The minimum absolute atomic E-state index is 0.609. The van der Waals surface area contributed by atoms with E-state index in [0.717, 1.165) is 31.0 Å². The van der Waals surface area contributed by atoms with Crippen molar-refractivity contribution in [3.63, 3.8) is 0 Å². The van der Waals surface area contributed by atoms with E-state index in [9.17, 15) is 0 Å². The number of nitrogens with one attached hydrogen (secondary N) is 2. The van der Waals surface area contributed by atoms with Gasteiger partial charge in [0, 0.05) is 12.7 Å². The molecule has 0 spiro atoms. The first-order chi connectivity index (χ1) is 11.4. The van der Waals surface area contributed by atoms with Gasteiger partial charge in [-0.1, -0.05) is 30.3 Å². The number of benzene rings is 1. The van der Waals surface area contributed by atoms with Crippen LogP contribution in [-0.4, -0.2) is 16.5 Å². The van der Waals surface area contributed by atoms with Crippen LogP contribution in [-0.2, 0) is 13.0 Å². The lowest BCUT2D eigenvalue weighted by molar-refractivity contribution is 0.518. The molecule has 23 heavy (non-hydrogen) atoms. The fraction of sp³-hybridized carbons (Fsp3) is 0.222. The maximum Gasteiger partial charge on any atom is 0.224 e. The second-order valence-electron chi connectivity index (χ2n) is 5.21. The molecule has 5 heteroatoms. The van der Waals surface area contributed by atoms with Crippen molar-refractivity contribution in [2.24, 2.45) is 0 Å². The third-order valence-electron chi connectivity index (χ3n) is 3.45. The van der Waals surface area contributed by atoms with E-state index >= 15 is 0 Å². The summed E-state index contributed by atoms with van der Waals surface area (Å²) in [6.07, 6.45) is 5.50. The van der Waals surface area contributed by atoms with Crippen LogP contribution in [0.3, 0.4) is 0 Å². The summed E-state index contributed by atoms with van der Waals surface area (Å²) in [4.78, 5) is 8.69. The highest BCUT2D eigenvalue weighted by Gasteiger charge is 2.00. The predicted molar refractivity (Wildman–Crippen MR) is 91.3 cm³/mol. The Morgan fingerprint density at radius 1 is 0.957 bits per heavy atom. The van der Waals surface area contributed by atoms with Crippen LogP contribution >= 0.6 is 0 Å². The van der Waals surface area contributed by atoms with Gasteiger partial charge in [-0.15, -0.1) is 0 Å². The normalized spacial score (nSPS) is 10.4. The van der Waals surface area contributed by atoms with E-state index < -0.39 is 0 Å². The van der Waals surface area contributed by atoms with Crippen LogP contribution in [0.4, 0.5) is 11.8 Å². The van der Waals surface area contributed by atoms with Crippen molar-refractivity contribution in [3.05, 3.63) is 72.3 Å². The standard InChI is InChI=1S/C18H20N4O/c1-2-6-15(7-3-1)8-4-11-19-18-20-12-10-17(22-18)21-14-16-9-5-13-23-16/h1-3,5-7,9-10,12-13H,4,8,11,14H2,(H2,19,20,21,22). The molecule has 0 atom stereocenters. The number of hydrogen-bond acceptors (Lipinski definition) is 5. The van der Waals surface area contributed by atoms with Crippen molar-refractivity contribution in [1.82, 2.24) is 9.97 Å². The lowest BCUT2D eigenvalue weighted by Gasteiger charge is -2.07. The topological polar surface area (TPSA) is 63.0 Å². The average molecular weight is 308 g/mol. The van der Waals surface area contributed by atoms with E-state index in [0.29, 0.717) is 12.5 Å². The van der Waals surface area contributed by atoms with Crippen LogP contribution in [0.1, 0.15) is 17.7 Å². The van der Waals surface area contributed by atoms with Gasteiger partial charge >= 0.3 is 0 Å². The minimum Gasteiger partial charge on any atom is -0.467 e. The van der Waals surface area contributed by atoms with Crippen molar-refractivity contribution in [3.8, 4) is 0 Å². The zero-order valence-electron chi connectivity index (χ0n) is 12.9. The molecular formula is C18H20N4O. The molecule has 0 unspecified atom stereocenters. The molecule has 2 N–H and O–H groups in total. The minimum atomic E-state index is 0.609. The molecular weight excluding hydrogens is 288 g/mol. The van der Waals surface area contributed by atoms with Gasteiger partial charge in [0.1, 0.15) is 11.6 Å². The molecule has 0 amide bonds.